The summed E-state index contributed by atoms with van der Waals surface area (Å²) in [5.74, 6) is -0.874. The van der Waals surface area contributed by atoms with Gasteiger partial charge in [-0.1, -0.05) is 12.1 Å². The molecule has 0 fully saturated rings. The van der Waals surface area contributed by atoms with E-state index in [1.54, 1.807) is 0 Å². The molecule has 2 aromatic carbocycles. The van der Waals surface area contributed by atoms with Gasteiger partial charge in [-0.2, -0.15) is 26.3 Å². The van der Waals surface area contributed by atoms with E-state index < -0.39 is 35.0 Å². The van der Waals surface area contributed by atoms with Crippen LogP contribution in [0.15, 0.2) is 36.4 Å². The summed E-state index contributed by atoms with van der Waals surface area (Å²) in [4.78, 5) is 0. The van der Waals surface area contributed by atoms with Crippen LogP contribution in [0, 0.1) is 13.0 Å². The third kappa shape index (κ3) is 3.74. The molecule has 0 saturated carbocycles. The van der Waals surface area contributed by atoms with Gasteiger partial charge in [-0.05, 0) is 75.0 Å². The van der Waals surface area contributed by atoms with Crippen LogP contribution in [-0.4, -0.2) is 12.4 Å². The predicted molar refractivity (Wildman–Crippen MR) is 92.2 cm³/mol. The lowest BCUT2D eigenvalue weighted by Crippen LogP contribution is -2.50. The lowest BCUT2D eigenvalue weighted by molar-refractivity contribution is -0.348. The van der Waals surface area contributed by atoms with Crippen molar-refractivity contribution in [1.29, 1.82) is 0 Å². The van der Waals surface area contributed by atoms with E-state index in [1.807, 2.05) is 0 Å². The third-order valence-electron chi connectivity index (χ3n) is 3.32. The molecular formula is C15H6F8I2. The highest BCUT2D eigenvalue weighted by molar-refractivity contribution is 14.1. The zero-order valence-electron chi connectivity index (χ0n) is 11.7. The number of benzene rings is 2. The van der Waals surface area contributed by atoms with E-state index in [0.717, 1.165) is 24.3 Å². The van der Waals surface area contributed by atoms with Crippen molar-refractivity contribution in [3.8, 4) is 11.1 Å². The molecule has 25 heavy (non-hydrogen) atoms. The van der Waals surface area contributed by atoms with Gasteiger partial charge >= 0.3 is 18.0 Å². The molecule has 0 unspecified atom stereocenters. The zero-order chi connectivity index (χ0) is 19.2. The van der Waals surface area contributed by atoms with Crippen LogP contribution in [0.25, 0.3) is 11.1 Å². The van der Waals surface area contributed by atoms with Gasteiger partial charge in [-0.3, -0.25) is 0 Å². The minimum Gasteiger partial charge on any atom is -0.218 e. The Morgan fingerprint density at radius 1 is 0.760 bits per heavy atom. The predicted octanol–water partition coefficient (Wildman–Crippen LogP) is 6.99. The highest BCUT2D eigenvalue weighted by atomic mass is 127. The van der Waals surface area contributed by atoms with Crippen LogP contribution >= 0.6 is 45.2 Å². The second-order valence-electron chi connectivity index (χ2n) is 4.97. The van der Waals surface area contributed by atoms with Crippen molar-refractivity contribution in [1.82, 2.24) is 0 Å². The molecule has 0 spiro atoms. The van der Waals surface area contributed by atoms with Crippen molar-refractivity contribution in [3.63, 3.8) is 0 Å². The summed E-state index contributed by atoms with van der Waals surface area (Å²) >= 11 is 2.98. The lowest BCUT2D eigenvalue weighted by atomic mass is 9.87. The van der Waals surface area contributed by atoms with Crippen LogP contribution in [0.2, 0.25) is 0 Å². The smallest absolute Gasteiger partial charge is 0.218 e. The molecule has 0 amide bonds. The fraction of sp³-hybridized carbons (Fsp3) is 0.200. The van der Waals surface area contributed by atoms with Crippen LogP contribution in [0.1, 0.15) is 5.56 Å². The Kier molecular flexibility index (Phi) is 5.63. The Morgan fingerprint density at radius 2 is 1.32 bits per heavy atom. The second kappa shape index (κ2) is 6.82. The summed E-state index contributed by atoms with van der Waals surface area (Å²) in [5, 5.41) is 0. The maximum absolute atomic E-state index is 14.6. The van der Waals surface area contributed by atoms with E-state index in [9.17, 15) is 35.1 Å². The third-order valence-corrected chi connectivity index (χ3v) is 4.79. The first-order chi connectivity index (χ1) is 11.3. The standard InChI is InChI=1S/C15H6F8I2/c16-8-3-1-2-7(4-8)12-10(5-9(24)6-11(12)25)13(17,14(18,19)20)15(21,22)23/h1-6H. The van der Waals surface area contributed by atoms with Crippen molar-refractivity contribution >= 4 is 45.2 Å². The SMILES string of the molecule is Fc1cccc(-c2c(I)cc(I)cc2C(F)(C(F)(F)F)C(F)(F)F)c1. The first-order valence-corrected chi connectivity index (χ1v) is 8.52. The van der Waals surface area contributed by atoms with E-state index in [0.29, 0.717) is 6.07 Å². The van der Waals surface area contributed by atoms with Crippen molar-refractivity contribution < 1.29 is 35.1 Å². The van der Waals surface area contributed by atoms with E-state index in [1.165, 1.54) is 51.2 Å². The maximum atomic E-state index is 14.6. The van der Waals surface area contributed by atoms with Gasteiger partial charge in [0.1, 0.15) is 5.82 Å². The minimum atomic E-state index is -6.25. The maximum Gasteiger partial charge on any atom is 0.435 e. The minimum absolute atomic E-state index is 0.0207. The van der Waals surface area contributed by atoms with E-state index in [2.05, 4.69) is 0 Å². The largest absolute Gasteiger partial charge is 0.435 e. The monoisotopic (exact) mass is 592 g/mol. The molecule has 0 radical (unpaired) electrons. The van der Waals surface area contributed by atoms with Gasteiger partial charge in [-0.25, -0.2) is 8.78 Å². The summed E-state index contributed by atoms with van der Waals surface area (Å²) in [7, 11) is 0. The topological polar surface area (TPSA) is 0 Å². The quantitative estimate of drug-likeness (QED) is 0.261. The first kappa shape index (κ1) is 20.6. The second-order valence-corrected chi connectivity index (χ2v) is 7.38. The molecule has 0 atom stereocenters. The summed E-state index contributed by atoms with van der Waals surface area (Å²) in [6, 6.07) is 5.70. The fourth-order valence-corrected chi connectivity index (χ4v) is 4.40. The molecular weight excluding hydrogens is 586 g/mol. The first-order valence-electron chi connectivity index (χ1n) is 6.37. The lowest BCUT2D eigenvalue weighted by Gasteiger charge is -2.32. The molecule has 0 saturated heterocycles. The van der Waals surface area contributed by atoms with Crippen LogP contribution in [0.3, 0.4) is 0 Å². The summed E-state index contributed by atoms with van der Waals surface area (Å²) in [5.41, 5.74) is -8.15. The molecule has 0 N–H and O–H groups in total. The highest BCUT2D eigenvalue weighted by Gasteiger charge is 2.74. The van der Waals surface area contributed by atoms with Crippen molar-refractivity contribution in [2.24, 2.45) is 0 Å². The van der Waals surface area contributed by atoms with Gasteiger partial charge in [0.05, 0.1) is 0 Å². The van der Waals surface area contributed by atoms with Gasteiger partial charge in [0.15, 0.2) is 0 Å². The van der Waals surface area contributed by atoms with Gasteiger partial charge in [0, 0.05) is 18.3 Å². The van der Waals surface area contributed by atoms with Crippen LogP contribution in [0.5, 0.6) is 0 Å². The number of alkyl halides is 7. The molecule has 136 valence electrons. The molecule has 0 heterocycles. The average Bonchev–Trinajstić information content (AvgIpc) is 2.43. The molecule has 0 bridgehead atoms. The fourth-order valence-electron chi connectivity index (χ4n) is 2.25. The normalized spacial score (nSPS) is 13.2. The van der Waals surface area contributed by atoms with E-state index >= 15 is 0 Å². The molecule has 0 aliphatic rings. The number of rotatable bonds is 2. The van der Waals surface area contributed by atoms with Gasteiger partial charge < -0.3 is 0 Å². The number of halogens is 10. The molecule has 0 aliphatic carbocycles. The summed E-state index contributed by atoms with van der Waals surface area (Å²) in [6.45, 7) is 0. The molecule has 2 aromatic rings. The van der Waals surface area contributed by atoms with Crippen LogP contribution in [-0.2, 0) is 5.67 Å². The molecule has 0 nitrogen and oxygen atoms in total. The summed E-state index contributed by atoms with van der Waals surface area (Å²) in [6.07, 6.45) is -12.5. The summed E-state index contributed by atoms with van der Waals surface area (Å²) < 4.78 is 107. The Labute approximate surface area is 163 Å². The number of hydrogen-bond acceptors (Lipinski definition) is 0. The van der Waals surface area contributed by atoms with E-state index in [4.69, 9.17) is 0 Å². The van der Waals surface area contributed by atoms with Gasteiger partial charge in [-0.15, -0.1) is 0 Å². The van der Waals surface area contributed by atoms with E-state index in [-0.39, 0.29) is 12.7 Å². The molecule has 0 aliphatic heterocycles. The van der Waals surface area contributed by atoms with Crippen molar-refractivity contribution in [2.45, 2.75) is 18.0 Å². The van der Waals surface area contributed by atoms with Crippen LogP contribution < -0.4 is 0 Å². The highest BCUT2D eigenvalue weighted by Crippen LogP contribution is 2.56. The van der Waals surface area contributed by atoms with Crippen molar-refractivity contribution in [2.75, 3.05) is 0 Å². The molecule has 10 heteroatoms. The van der Waals surface area contributed by atoms with Gasteiger partial charge in [0.25, 0.3) is 0 Å². The Hall–Kier alpha value is -0.660. The molecule has 2 rings (SSSR count). The average molecular weight is 592 g/mol. The zero-order valence-corrected chi connectivity index (χ0v) is 16.1. The number of hydrogen-bond donors (Lipinski definition) is 0. The Bertz CT molecular complexity index is 781. The van der Waals surface area contributed by atoms with Crippen molar-refractivity contribution in [3.05, 3.63) is 54.9 Å². The Morgan fingerprint density at radius 3 is 1.80 bits per heavy atom. The molecule has 0 aromatic heterocycles. The van der Waals surface area contributed by atoms with Gasteiger partial charge in [0.2, 0.25) is 0 Å². The van der Waals surface area contributed by atoms with Crippen LogP contribution in [0.4, 0.5) is 35.1 Å². The Balaban J connectivity index is 2.94.